The Balaban J connectivity index is 1.54. The summed E-state index contributed by atoms with van der Waals surface area (Å²) in [5, 5.41) is 0. The Morgan fingerprint density at radius 1 is 0.840 bits per heavy atom. The van der Waals surface area contributed by atoms with Crippen LogP contribution in [0.1, 0.15) is 26.2 Å². The highest BCUT2D eigenvalue weighted by Crippen LogP contribution is 2.42. The summed E-state index contributed by atoms with van der Waals surface area (Å²) in [5.74, 6) is 1.58. The second-order valence-corrected chi connectivity index (χ2v) is 7.05. The first-order valence-electron chi connectivity index (χ1n) is 8.84. The predicted octanol–water partition coefficient (Wildman–Crippen LogP) is 4.40. The molecule has 1 aliphatic carbocycles. The normalized spacial score (nSPS) is 25.8. The van der Waals surface area contributed by atoms with Gasteiger partial charge in [0, 0.05) is 0 Å². The standard InChI is InChI=1S/C21H21NO3/c1-14-7-12-18-19(13-14)21(24)22(20(18)23)15-8-10-17(11-9-15)25-16-5-3-2-4-6-16/h2-6,8-11,14,18-19H,7,12-13H2,1H3/t14-,18+,19+/m0/s1. The maximum absolute atomic E-state index is 12.7. The van der Waals surface area contributed by atoms with E-state index in [4.69, 9.17) is 4.74 Å². The number of imide groups is 1. The summed E-state index contributed by atoms with van der Waals surface area (Å²) in [6, 6.07) is 16.7. The third-order valence-corrected chi connectivity index (χ3v) is 5.26. The molecule has 2 aromatic carbocycles. The van der Waals surface area contributed by atoms with Crippen molar-refractivity contribution in [3.8, 4) is 11.5 Å². The number of benzene rings is 2. The van der Waals surface area contributed by atoms with Crippen LogP contribution in [0, 0.1) is 17.8 Å². The molecular weight excluding hydrogens is 314 g/mol. The molecule has 0 radical (unpaired) electrons. The second kappa shape index (κ2) is 6.36. The molecule has 0 spiro atoms. The zero-order valence-electron chi connectivity index (χ0n) is 14.2. The third-order valence-electron chi connectivity index (χ3n) is 5.26. The van der Waals surface area contributed by atoms with Gasteiger partial charge >= 0.3 is 0 Å². The molecular formula is C21H21NO3. The lowest BCUT2D eigenvalue weighted by Crippen LogP contribution is -2.30. The van der Waals surface area contributed by atoms with Crippen LogP contribution in [0.3, 0.4) is 0 Å². The summed E-state index contributed by atoms with van der Waals surface area (Å²) < 4.78 is 5.77. The van der Waals surface area contributed by atoms with Gasteiger partial charge in [-0.3, -0.25) is 14.5 Å². The van der Waals surface area contributed by atoms with Crippen LogP contribution in [0.25, 0.3) is 0 Å². The average molecular weight is 335 g/mol. The lowest BCUT2D eigenvalue weighted by Gasteiger charge is -2.25. The SMILES string of the molecule is C[C@H]1CC[C@H]2C(=O)N(c3ccc(Oc4ccccc4)cc3)C(=O)[C@@H]2C1. The minimum absolute atomic E-state index is 0.0429. The predicted molar refractivity (Wildman–Crippen MR) is 95.4 cm³/mol. The Hall–Kier alpha value is -2.62. The largest absolute Gasteiger partial charge is 0.457 e. The van der Waals surface area contributed by atoms with Crippen LogP contribution >= 0.6 is 0 Å². The van der Waals surface area contributed by atoms with Crippen molar-refractivity contribution >= 4 is 17.5 Å². The molecule has 2 amide bonds. The molecule has 0 bridgehead atoms. The number of carbonyl (C=O) groups excluding carboxylic acids is 2. The van der Waals surface area contributed by atoms with Gasteiger partial charge in [-0.15, -0.1) is 0 Å². The fourth-order valence-corrected chi connectivity index (χ4v) is 3.93. The van der Waals surface area contributed by atoms with Gasteiger partial charge in [0.05, 0.1) is 17.5 Å². The maximum atomic E-state index is 12.7. The van der Waals surface area contributed by atoms with Crippen molar-refractivity contribution in [1.82, 2.24) is 0 Å². The molecule has 1 aliphatic heterocycles. The zero-order chi connectivity index (χ0) is 17.4. The van der Waals surface area contributed by atoms with E-state index >= 15 is 0 Å². The van der Waals surface area contributed by atoms with Gasteiger partial charge in [0.1, 0.15) is 11.5 Å². The van der Waals surface area contributed by atoms with E-state index in [0.717, 1.165) is 25.0 Å². The molecule has 128 valence electrons. The average Bonchev–Trinajstić information content (AvgIpc) is 2.87. The van der Waals surface area contributed by atoms with E-state index in [0.29, 0.717) is 17.4 Å². The maximum Gasteiger partial charge on any atom is 0.237 e. The fraction of sp³-hybridized carbons (Fsp3) is 0.333. The molecule has 2 fully saturated rings. The molecule has 1 heterocycles. The van der Waals surface area contributed by atoms with Gasteiger partial charge in [0.15, 0.2) is 0 Å². The Morgan fingerprint density at radius 3 is 2.20 bits per heavy atom. The molecule has 1 saturated carbocycles. The summed E-state index contributed by atoms with van der Waals surface area (Å²) in [6.45, 7) is 2.16. The molecule has 25 heavy (non-hydrogen) atoms. The molecule has 3 atom stereocenters. The summed E-state index contributed by atoms with van der Waals surface area (Å²) in [7, 11) is 0. The molecule has 2 aromatic rings. The van der Waals surface area contributed by atoms with Gasteiger partial charge in [0.2, 0.25) is 11.8 Å². The Morgan fingerprint density at radius 2 is 1.48 bits per heavy atom. The smallest absolute Gasteiger partial charge is 0.237 e. The van der Waals surface area contributed by atoms with Crippen LogP contribution in [0.4, 0.5) is 5.69 Å². The minimum Gasteiger partial charge on any atom is -0.457 e. The van der Waals surface area contributed by atoms with Crippen LogP contribution in [-0.4, -0.2) is 11.8 Å². The molecule has 0 unspecified atom stereocenters. The Kier molecular flexibility index (Phi) is 4.04. The molecule has 2 aliphatic rings. The van der Waals surface area contributed by atoms with Gasteiger partial charge in [0.25, 0.3) is 0 Å². The molecule has 1 saturated heterocycles. The van der Waals surface area contributed by atoms with Gasteiger partial charge < -0.3 is 4.74 Å². The summed E-state index contributed by atoms with van der Waals surface area (Å²) >= 11 is 0. The monoisotopic (exact) mass is 335 g/mol. The van der Waals surface area contributed by atoms with Gasteiger partial charge in [-0.05, 0) is 61.6 Å². The number of hydrogen-bond acceptors (Lipinski definition) is 3. The van der Waals surface area contributed by atoms with Gasteiger partial charge in [-0.1, -0.05) is 25.1 Å². The van der Waals surface area contributed by atoms with Crippen LogP contribution in [0.15, 0.2) is 54.6 Å². The van der Waals surface area contributed by atoms with Crippen molar-refractivity contribution in [1.29, 1.82) is 0 Å². The van der Waals surface area contributed by atoms with E-state index in [2.05, 4.69) is 6.92 Å². The van der Waals surface area contributed by atoms with Gasteiger partial charge in [-0.2, -0.15) is 0 Å². The van der Waals surface area contributed by atoms with E-state index < -0.39 is 0 Å². The summed E-state index contributed by atoms with van der Waals surface area (Å²) in [4.78, 5) is 26.8. The van der Waals surface area contributed by atoms with Crippen molar-refractivity contribution in [2.24, 2.45) is 17.8 Å². The number of ether oxygens (including phenoxy) is 1. The first-order valence-corrected chi connectivity index (χ1v) is 8.84. The molecule has 4 rings (SSSR count). The van der Waals surface area contributed by atoms with Crippen molar-refractivity contribution in [2.75, 3.05) is 4.90 Å². The number of amides is 2. The van der Waals surface area contributed by atoms with Crippen molar-refractivity contribution < 1.29 is 14.3 Å². The van der Waals surface area contributed by atoms with E-state index in [1.54, 1.807) is 24.3 Å². The highest BCUT2D eigenvalue weighted by molar-refractivity contribution is 6.22. The van der Waals surface area contributed by atoms with Crippen LogP contribution < -0.4 is 9.64 Å². The highest BCUT2D eigenvalue weighted by atomic mass is 16.5. The summed E-state index contributed by atoms with van der Waals surface area (Å²) in [6.07, 6.45) is 2.67. The molecule has 4 heteroatoms. The van der Waals surface area contributed by atoms with E-state index in [1.165, 1.54) is 4.90 Å². The number of anilines is 1. The topological polar surface area (TPSA) is 46.6 Å². The van der Waals surface area contributed by atoms with Crippen LogP contribution in [-0.2, 0) is 9.59 Å². The summed E-state index contributed by atoms with van der Waals surface area (Å²) in [5.41, 5.74) is 0.637. The van der Waals surface area contributed by atoms with Gasteiger partial charge in [-0.25, -0.2) is 0 Å². The van der Waals surface area contributed by atoms with E-state index in [-0.39, 0.29) is 23.7 Å². The number of carbonyl (C=O) groups is 2. The third kappa shape index (κ3) is 2.93. The van der Waals surface area contributed by atoms with Crippen molar-refractivity contribution in [3.63, 3.8) is 0 Å². The lowest BCUT2D eigenvalue weighted by molar-refractivity contribution is -0.122. The molecule has 4 nitrogen and oxygen atoms in total. The number of hydrogen-bond donors (Lipinski definition) is 0. The quantitative estimate of drug-likeness (QED) is 0.781. The lowest BCUT2D eigenvalue weighted by atomic mass is 9.76. The first kappa shape index (κ1) is 15.9. The van der Waals surface area contributed by atoms with E-state index in [9.17, 15) is 9.59 Å². The highest BCUT2D eigenvalue weighted by Gasteiger charge is 2.49. The fourth-order valence-electron chi connectivity index (χ4n) is 3.93. The van der Waals surface area contributed by atoms with E-state index in [1.807, 2.05) is 30.3 Å². The first-order chi connectivity index (χ1) is 12.1. The van der Waals surface area contributed by atoms with Crippen molar-refractivity contribution in [2.45, 2.75) is 26.2 Å². The number of para-hydroxylation sites is 1. The molecule has 0 N–H and O–H groups in total. The number of rotatable bonds is 3. The minimum atomic E-state index is -0.142. The second-order valence-electron chi connectivity index (χ2n) is 7.05. The Bertz CT molecular complexity index is 785. The van der Waals surface area contributed by atoms with Crippen LogP contribution in [0.2, 0.25) is 0 Å². The number of fused-ring (bicyclic) bond motifs is 1. The Labute approximate surface area is 147 Å². The zero-order valence-corrected chi connectivity index (χ0v) is 14.2. The molecule has 0 aromatic heterocycles. The van der Waals surface area contributed by atoms with Crippen LogP contribution in [0.5, 0.6) is 11.5 Å². The number of nitrogens with zero attached hydrogens (tertiary/aromatic N) is 1. The van der Waals surface area contributed by atoms with Crippen molar-refractivity contribution in [3.05, 3.63) is 54.6 Å².